The topological polar surface area (TPSA) is 43.4 Å². The van der Waals surface area contributed by atoms with Crippen molar-refractivity contribution in [2.45, 2.75) is 4.90 Å². The summed E-state index contributed by atoms with van der Waals surface area (Å²) in [5.41, 5.74) is 0. The summed E-state index contributed by atoms with van der Waals surface area (Å²) in [7, 11) is -3.84. The van der Waals surface area contributed by atoms with Crippen molar-refractivity contribution in [3.8, 4) is 5.75 Å². The zero-order valence-corrected chi connectivity index (χ0v) is 13.0. The Morgan fingerprint density at radius 1 is 0.889 bits per heavy atom. The molecule has 2 aromatic carbocycles. The fourth-order valence-corrected chi connectivity index (χ4v) is 3.71. The van der Waals surface area contributed by atoms with Crippen LogP contribution >= 0.6 is 31.9 Å². The van der Waals surface area contributed by atoms with Gasteiger partial charge in [0.05, 0.1) is 4.47 Å². The van der Waals surface area contributed by atoms with E-state index in [1.165, 1.54) is 6.07 Å². The zero-order valence-electron chi connectivity index (χ0n) is 9.01. The quantitative estimate of drug-likeness (QED) is 0.743. The molecule has 0 aromatic heterocycles. The fourth-order valence-electron chi connectivity index (χ4n) is 1.32. The molecule has 0 amide bonds. The van der Waals surface area contributed by atoms with Gasteiger partial charge in [0, 0.05) is 4.47 Å². The number of para-hydroxylation sites is 1. The van der Waals surface area contributed by atoms with Gasteiger partial charge < -0.3 is 4.18 Å². The minimum absolute atomic E-state index is 0.0840. The Morgan fingerprint density at radius 3 is 2.22 bits per heavy atom. The van der Waals surface area contributed by atoms with Crippen LogP contribution in [-0.2, 0) is 10.1 Å². The Kier molecular flexibility index (Phi) is 4.09. The van der Waals surface area contributed by atoms with Gasteiger partial charge in [0.15, 0.2) is 0 Å². The molecule has 0 heterocycles. The first kappa shape index (κ1) is 13.6. The molecule has 3 nitrogen and oxygen atoms in total. The highest BCUT2D eigenvalue weighted by atomic mass is 79.9. The molecule has 0 aliphatic rings. The van der Waals surface area contributed by atoms with Crippen molar-refractivity contribution in [3.05, 3.63) is 57.5 Å². The highest BCUT2D eigenvalue weighted by Gasteiger charge is 2.21. The lowest BCUT2D eigenvalue weighted by molar-refractivity contribution is 0.485. The van der Waals surface area contributed by atoms with E-state index in [4.69, 9.17) is 4.18 Å². The van der Waals surface area contributed by atoms with Gasteiger partial charge in [-0.1, -0.05) is 24.3 Å². The summed E-state index contributed by atoms with van der Waals surface area (Å²) in [5, 5.41) is 0. The highest BCUT2D eigenvalue weighted by Crippen LogP contribution is 2.31. The summed E-state index contributed by atoms with van der Waals surface area (Å²) in [6.45, 7) is 0. The molecule has 0 N–H and O–H groups in total. The van der Waals surface area contributed by atoms with Gasteiger partial charge in [0.25, 0.3) is 0 Å². The number of rotatable bonds is 3. The average molecular weight is 392 g/mol. The van der Waals surface area contributed by atoms with Gasteiger partial charge in [0.2, 0.25) is 0 Å². The average Bonchev–Trinajstić information content (AvgIpc) is 2.33. The maximum atomic E-state index is 12.1. The Morgan fingerprint density at radius 2 is 1.56 bits per heavy atom. The molecule has 0 saturated heterocycles. The molecule has 2 aromatic rings. The molecule has 0 fully saturated rings. The van der Waals surface area contributed by atoms with Crippen LogP contribution in [0.4, 0.5) is 0 Å². The van der Waals surface area contributed by atoms with Crippen molar-refractivity contribution in [3.63, 3.8) is 0 Å². The fraction of sp³-hybridized carbons (Fsp3) is 0. The molecule has 0 spiro atoms. The molecule has 6 heteroatoms. The third-order valence-corrected chi connectivity index (χ3v) is 5.74. The van der Waals surface area contributed by atoms with Crippen LogP contribution in [0, 0.1) is 0 Å². The van der Waals surface area contributed by atoms with Crippen LogP contribution in [0.5, 0.6) is 5.75 Å². The first-order valence-electron chi connectivity index (χ1n) is 4.94. The predicted octanol–water partition coefficient (Wildman–Crippen LogP) is 3.98. The van der Waals surface area contributed by atoms with Gasteiger partial charge in [-0.15, -0.1) is 0 Å². The van der Waals surface area contributed by atoms with Crippen LogP contribution in [0.2, 0.25) is 0 Å². The van der Waals surface area contributed by atoms with Gasteiger partial charge in [-0.2, -0.15) is 8.42 Å². The second kappa shape index (κ2) is 5.42. The van der Waals surface area contributed by atoms with Crippen molar-refractivity contribution >= 4 is 42.0 Å². The molecule has 0 aliphatic heterocycles. The van der Waals surface area contributed by atoms with E-state index in [1.807, 2.05) is 0 Å². The van der Waals surface area contributed by atoms with Gasteiger partial charge in [-0.25, -0.2) is 0 Å². The maximum absolute atomic E-state index is 12.1. The monoisotopic (exact) mass is 390 g/mol. The lowest BCUT2D eigenvalue weighted by Gasteiger charge is -2.09. The Hall–Kier alpha value is -0.850. The van der Waals surface area contributed by atoms with E-state index in [1.54, 1.807) is 42.5 Å². The lowest BCUT2D eigenvalue weighted by Crippen LogP contribution is -2.10. The highest BCUT2D eigenvalue weighted by molar-refractivity contribution is 9.13. The van der Waals surface area contributed by atoms with Crippen LogP contribution in [-0.4, -0.2) is 8.42 Å². The Bertz CT molecular complexity index is 654. The van der Waals surface area contributed by atoms with E-state index >= 15 is 0 Å². The van der Waals surface area contributed by atoms with Crippen molar-refractivity contribution in [2.75, 3.05) is 0 Å². The number of hydrogen-bond donors (Lipinski definition) is 0. The van der Waals surface area contributed by atoms with Crippen molar-refractivity contribution < 1.29 is 12.6 Å². The molecular formula is C12H8Br2O3S. The predicted molar refractivity (Wildman–Crippen MR) is 76.1 cm³/mol. The molecule has 0 unspecified atom stereocenters. The van der Waals surface area contributed by atoms with Crippen molar-refractivity contribution in [1.29, 1.82) is 0 Å². The molecule has 94 valence electrons. The number of hydrogen-bond acceptors (Lipinski definition) is 3. The normalized spacial score (nSPS) is 11.2. The molecule has 0 bridgehead atoms. The van der Waals surface area contributed by atoms with Gasteiger partial charge in [-0.3, -0.25) is 0 Å². The lowest BCUT2D eigenvalue weighted by atomic mass is 10.3. The molecule has 2 rings (SSSR count). The Labute approximate surface area is 122 Å². The van der Waals surface area contributed by atoms with E-state index in [0.717, 1.165) is 0 Å². The standard InChI is InChI=1S/C12H8Br2O3S/c13-10-7-4-8-11(12(10)14)18(15,16)17-9-5-2-1-3-6-9/h1-8H. The number of halogens is 2. The molecule has 0 atom stereocenters. The second-order valence-corrected chi connectivity index (χ2v) is 6.56. The maximum Gasteiger partial charge on any atom is 0.340 e. The summed E-state index contributed by atoms with van der Waals surface area (Å²) in [6.07, 6.45) is 0. The minimum Gasteiger partial charge on any atom is -0.379 e. The molecule has 0 saturated carbocycles. The summed E-state index contributed by atoms with van der Waals surface area (Å²) in [5.74, 6) is 0.282. The molecule has 0 radical (unpaired) electrons. The molecular weight excluding hydrogens is 384 g/mol. The van der Waals surface area contributed by atoms with Crippen LogP contribution in [0.15, 0.2) is 62.4 Å². The second-order valence-electron chi connectivity index (χ2n) is 3.40. The van der Waals surface area contributed by atoms with Crippen molar-refractivity contribution in [2.24, 2.45) is 0 Å². The van der Waals surface area contributed by atoms with E-state index in [2.05, 4.69) is 31.9 Å². The van der Waals surface area contributed by atoms with Crippen LogP contribution in [0.1, 0.15) is 0 Å². The summed E-state index contributed by atoms with van der Waals surface area (Å²) in [6, 6.07) is 13.2. The first-order chi connectivity index (χ1) is 8.50. The largest absolute Gasteiger partial charge is 0.379 e. The van der Waals surface area contributed by atoms with Crippen LogP contribution < -0.4 is 4.18 Å². The molecule has 0 aliphatic carbocycles. The SMILES string of the molecule is O=S(=O)(Oc1ccccc1)c1cccc(Br)c1Br. The van der Waals surface area contributed by atoms with Gasteiger partial charge in [0.1, 0.15) is 10.6 Å². The Balaban J connectivity index is 2.41. The van der Waals surface area contributed by atoms with Crippen LogP contribution in [0.25, 0.3) is 0 Å². The van der Waals surface area contributed by atoms with E-state index in [9.17, 15) is 8.42 Å². The van der Waals surface area contributed by atoms with E-state index < -0.39 is 10.1 Å². The third kappa shape index (κ3) is 2.93. The van der Waals surface area contributed by atoms with E-state index in [-0.39, 0.29) is 10.6 Å². The smallest absolute Gasteiger partial charge is 0.340 e. The molecule has 18 heavy (non-hydrogen) atoms. The van der Waals surface area contributed by atoms with Crippen molar-refractivity contribution in [1.82, 2.24) is 0 Å². The van der Waals surface area contributed by atoms with E-state index in [0.29, 0.717) is 8.95 Å². The summed E-state index contributed by atoms with van der Waals surface area (Å²) in [4.78, 5) is 0.0840. The van der Waals surface area contributed by atoms with Crippen LogP contribution in [0.3, 0.4) is 0 Å². The number of benzene rings is 2. The first-order valence-corrected chi connectivity index (χ1v) is 7.94. The van der Waals surface area contributed by atoms with Gasteiger partial charge in [-0.05, 0) is 56.1 Å². The third-order valence-electron chi connectivity index (χ3n) is 2.13. The zero-order chi connectivity index (χ0) is 13.2. The summed E-state index contributed by atoms with van der Waals surface area (Å²) < 4.78 is 30.3. The van der Waals surface area contributed by atoms with Gasteiger partial charge >= 0.3 is 10.1 Å². The summed E-state index contributed by atoms with van der Waals surface area (Å²) >= 11 is 6.48. The minimum atomic E-state index is -3.84.